The largest absolute Gasteiger partial charge is 0.370 e. The summed E-state index contributed by atoms with van der Waals surface area (Å²) in [5, 5.41) is 0. The van der Waals surface area contributed by atoms with Gasteiger partial charge < -0.3 is 4.90 Å². The SMILES string of the molecule is Cc1cccc(N2CCCN3CCCC3C2)c1C. The first-order valence-corrected chi connectivity index (χ1v) is 7.31. The molecule has 3 rings (SSSR count). The second-order valence-electron chi connectivity index (χ2n) is 5.85. The molecule has 18 heavy (non-hydrogen) atoms. The van der Waals surface area contributed by atoms with E-state index < -0.39 is 0 Å². The molecule has 1 unspecified atom stereocenters. The molecule has 2 heteroatoms. The lowest BCUT2D eigenvalue weighted by atomic mass is 10.1. The smallest absolute Gasteiger partial charge is 0.0399 e. The van der Waals surface area contributed by atoms with E-state index in [2.05, 4.69) is 41.8 Å². The zero-order valence-electron chi connectivity index (χ0n) is 11.7. The minimum atomic E-state index is 0.799. The number of rotatable bonds is 1. The highest BCUT2D eigenvalue weighted by molar-refractivity contribution is 5.56. The predicted octanol–water partition coefficient (Wildman–Crippen LogP) is 2.98. The molecule has 1 aromatic carbocycles. The van der Waals surface area contributed by atoms with Crippen LogP contribution in [0.1, 0.15) is 30.4 Å². The van der Waals surface area contributed by atoms with Gasteiger partial charge in [-0.2, -0.15) is 0 Å². The number of hydrogen-bond acceptors (Lipinski definition) is 2. The van der Waals surface area contributed by atoms with Crippen LogP contribution in [-0.2, 0) is 0 Å². The van der Waals surface area contributed by atoms with Crippen molar-refractivity contribution in [3.8, 4) is 0 Å². The molecule has 1 atom stereocenters. The number of anilines is 1. The Morgan fingerprint density at radius 3 is 2.78 bits per heavy atom. The zero-order chi connectivity index (χ0) is 12.5. The highest BCUT2D eigenvalue weighted by Crippen LogP contribution is 2.28. The third-order valence-corrected chi connectivity index (χ3v) is 4.72. The maximum atomic E-state index is 2.70. The second-order valence-corrected chi connectivity index (χ2v) is 5.85. The van der Waals surface area contributed by atoms with Crippen LogP contribution in [-0.4, -0.2) is 37.1 Å². The molecule has 0 bridgehead atoms. The molecule has 1 aromatic rings. The van der Waals surface area contributed by atoms with Crippen LogP contribution in [0.2, 0.25) is 0 Å². The Bertz CT molecular complexity index is 427. The summed E-state index contributed by atoms with van der Waals surface area (Å²) in [5.74, 6) is 0. The monoisotopic (exact) mass is 244 g/mol. The highest BCUT2D eigenvalue weighted by Gasteiger charge is 2.29. The molecule has 0 radical (unpaired) electrons. The van der Waals surface area contributed by atoms with Gasteiger partial charge in [0.05, 0.1) is 0 Å². The number of hydrogen-bond donors (Lipinski definition) is 0. The zero-order valence-corrected chi connectivity index (χ0v) is 11.7. The lowest BCUT2D eigenvalue weighted by molar-refractivity contribution is 0.273. The molecule has 2 saturated heterocycles. The van der Waals surface area contributed by atoms with Crippen molar-refractivity contribution in [3.63, 3.8) is 0 Å². The van der Waals surface area contributed by atoms with Crippen LogP contribution in [0.5, 0.6) is 0 Å². The fourth-order valence-electron chi connectivity index (χ4n) is 3.50. The first-order valence-electron chi connectivity index (χ1n) is 7.31. The van der Waals surface area contributed by atoms with Gasteiger partial charge in [0, 0.05) is 31.4 Å². The van der Waals surface area contributed by atoms with Crippen LogP contribution in [0.3, 0.4) is 0 Å². The summed E-state index contributed by atoms with van der Waals surface area (Å²) in [6, 6.07) is 7.52. The minimum absolute atomic E-state index is 0.799. The first-order chi connectivity index (χ1) is 8.75. The van der Waals surface area contributed by atoms with E-state index in [-0.39, 0.29) is 0 Å². The van der Waals surface area contributed by atoms with Crippen molar-refractivity contribution in [2.75, 3.05) is 31.1 Å². The van der Waals surface area contributed by atoms with Gasteiger partial charge in [0.25, 0.3) is 0 Å². The van der Waals surface area contributed by atoms with Crippen LogP contribution in [0.25, 0.3) is 0 Å². The molecule has 2 fully saturated rings. The van der Waals surface area contributed by atoms with E-state index in [1.807, 2.05) is 0 Å². The van der Waals surface area contributed by atoms with Gasteiger partial charge in [0.15, 0.2) is 0 Å². The van der Waals surface area contributed by atoms with Gasteiger partial charge in [-0.1, -0.05) is 12.1 Å². The Kier molecular flexibility index (Phi) is 3.29. The quantitative estimate of drug-likeness (QED) is 0.749. The maximum absolute atomic E-state index is 2.70. The van der Waals surface area contributed by atoms with E-state index in [4.69, 9.17) is 0 Å². The molecule has 2 aliphatic heterocycles. The normalized spacial score (nSPS) is 25.0. The van der Waals surface area contributed by atoms with Crippen molar-refractivity contribution >= 4 is 5.69 Å². The molecule has 98 valence electrons. The van der Waals surface area contributed by atoms with Gasteiger partial charge in [-0.3, -0.25) is 4.90 Å². The van der Waals surface area contributed by atoms with Crippen LogP contribution in [0.15, 0.2) is 18.2 Å². The van der Waals surface area contributed by atoms with Crippen LogP contribution < -0.4 is 4.90 Å². The summed E-state index contributed by atoms with van der Waals surface area (Å²) < 4.78 is 0. The number of nitrogens with zero attached hydrogens (tertiary/aromatic N) is 2. The van der Waals surface area contributed by atoms with E-state index in [0.29, 0.717) is 0 Å². The van der Waals surface area contributed by atoms with Gasteiger partial charge in [0.2, 0.25) is 0 Å². The lowest BCUT2D eigenvalue weighted by Crippen LogP contribution is -2.36. The van der Waals surface area contributed by atoms with Gasteiger partial charge in [0.1, 0.15) is 0 Å². The summed E-state index contributed by atoms with van der Waals surface area (Å²) in [4.78, 5) is 5.32. The molecule has 0 aliphatic carbocycles. The minimum Gasteiger partial charge on any atom is -0.370 e. The third kappa shape index (κ3) is 2.14. The molecular weight excluding hydrogens is 220 g/mol. The number of fused-ring (bicyclic) bond motifs is 1. The Balaban J connectivity index is 1.85. The second kappa shape index (κ2) is 4.93. The summed E-state index contributed by atoms with van der Waals surface area (Å²) in [5.41, 5.74) is 4.34. The molecule has 0 aromatic heterocycles. The van der Waals surface area contributed by atoms with Crippen molar-refractivity contribution in [2.45, 2.75) is 39.2 Å². The van der Waals surface area contributed by atoms with Gasteiger partial charge in [-0.15, -0.1) is 0 Å². The predicted molar refractivity (Wildman–Crippen MR) is 77.3 cm³/mol. The summed E-state index contributed by atoms with van der Waals surface area (Å²) >= 11 is 0. The Labute approximate surface area is 111 Å². The Morgan fingerprint density at radius 1 is 1.06 bits per heavy atom. The van der Waals surface area contributed by atoms with Crippen molar-refractivity contribution in [1.29, 1.82) is 0 Å². The standard InChI is InChI=1S/C16H24N2/c1-13-6-3-8-16(14(13)2)18-11-5-10-17-9-4-7-15(17)12-18/h3,6,8,15H,4-5,7,9-12H2,1-2H3. The lowest BCUT2D eigenvalue weighted by Gasteiger charge is -2.29. The molecule has 2 nitrogen and oxygen atoms in total. The average Bonchev–Trinajstić information content (AvgIpc) is 2.70. The fourth-order valence-corrected chi connectivity index (χ4v) is 3.50. The summed E-state index contributed by atoms with van der Waals surface area (Å²) in [6.45, 7) is 9.55. The Hall–Kier alpha value is -1.02. The number of benzene rings is 1. The van der Waals surface area contributed by atoms with Gasteiger partial charge in [-0.25, -0.2) is 0 Å². The van der Waals surface area contributed by atoms with E-state index in [1.54, 1.807) is 0 Å². The van der Waals surface area contributed by atoms with Crippen molar-refractivity contribution in [1.82, 2.24) is 4.90 Å². The molecule has 2 heterocycles. The molecule has 0 amide bonds. The average molecular weight is 244 g/mol. The van der Waals surface area contributed by atoms with Gasteiger partial charge >= 0.3 is 0 Å². The van der Waals surface area contributed by atoms with E-state index in [0.717, 1.165) is 6.04 Å². The van der Waals surface area contributed by atoms with Crippen LogP contribution in [0, 0.1) is 13.8 Å². The van der Waals surface area contributed by atoms with E-state index in [1.165, 1.54) is 62.3 Å². The molecule has 0 spiro atoms. The topological polar surface area (TPSA) is 6.48 Å². The van der Waals surface area contributed by atoms with Crippen molar-refractivity contribution in [3.05, 3.63) is 29.3 Å². The van der Waals surface area contributed by atoms with Gasteiger partial charge in [-0.05, 0) is 56.8 Å². The van der Waals surface area contributed by atoms with E-state index >= 15 is 0 Å². The maximum Gasteiger partial charge on any atom is 0.0399 e. The molecular formula is C16H24N2. The van der Waals surface area contributed by atoms with E-state index in [9.17, 15) is 0 Å². The molecule has 0 N–H and O–H groups in total. The third-order valence-electron chi connectivity index (χ3n) is 4.72. The van der Waals surface area contributed by atoms with Crippen molar-refractivity contribution in [2.24, 2.45) is 0 Å². The fraction of sp³-hybridized carbons (Fsp3) is 0.625. The van der Waals surface area contributed by atoms with Crippen molar-refractivity contribution < 1.29 is 0 Å². The Morgan fingerprint density at radius 2 is 1.89 bits per heavy atom. The van der Waals surface area contributed by atoms with Crippen LogP contribution in [0.4, 0.5) is 5.69 Å². The number of aryl methyl sites for hydroxylation is 1. The summed E-state index contributed by atoms with van der Waals surface area (Å²) in [7, 11) is 0. The summed E-state index contributed by atoms with van der Waals surface area (Å²) in [6.07, 6.45) is 4.09. The first kappa shape index (κ1) is 12.0. The van der Waals surface area contributed by atoms with Crippen LogP contribution >= 0.6 is 0 Å². The highest BCUT2D eigenvalue weighted by atomic mass is 15.3. The molecule has 0 saturated carbocycles. The molecule has 2 aliphatic rings.